The van der Waals surface area contributed by atoms with Crippen LogP contribution in [-0.4, -0.2) is 34.7 Å². The predicted octanol–water partition coefficient (Wildman–Crippen LogP) is 7.21. The molecule has 208 valence electrons. The van der Waals surface area contributed by atoms with Gasteiger partial charge < -0.3 is 23.9 Å². The number of benzene rings is 4. The van der Waals surface area contributed by atoms with Crippen molar-refractivity contribution in [2.75, 3.05) is 19.5 Å². The summed E-state index contributed by atoms with van der Waals surface area (Å²) in [6.45, 7) is 0.269. The number of rotatable bonds is 8. The van der Waals surface area contributed by atoms with Crippen LogP contribution in [0.3, 0.4) is 0 Å². The van der Waals surface area contributed by atoms with Crippen LogP contribution in [0.2, 0.25) is 0 Å². The van der Waals surface area contributed by atoms with Gasteiger partial charge in [-0.3, -0.25) is 4.79 Å². The molecule has 0 atom stereocenters. The van der Waals surface area contributed by atoms with Crippen molar-refractivity contribution in [2.45, 2.75) is 6.61 Å². The number of fused-ring (bicyclic) bond motifs is 3. The number of amides is 1. The third-order valence-corrected chi connectivity index (χ3v) is 7.76. The molecule has 0 aliphatic heterocycles. The number of nitrogens with one attached hydrogen (secondary N) is 1. The lowest BCUT2D eigenvalue weighted by Crippen LogP contribution is -2.12. The fourth-order valence-corrected chi connectivity index (χ4v) is 5.55. The Hall–Kier alpha value is -5.35. The molecule has 0 saturated carbocycles. The molecule has 7 rings (SSSR count). The van der Waals surface area contributed by atoms with Crippen LogP contribution in [-0.2, 0) is 6.61 Å². The highest BCUT2D eigenvalue weighted by Gasteiger charge is 2.17. The summed E-state index contributed by atoms with van der Waals surface area (Å²) in [6, 6.07) is 26.7. The van der Waals surface area contributed by atoms with Gasteiger partial charge in [-0.1, -0.05) is 48.5 Å². The van der Waals surface area contributed by atoms with Gasteiger partial charge in [0.15, 0.2) is 5.76 Å². The number of nitrogens with zero attached hydrogens (tertiary/aromatic N) is 3. The summed E-state index contributed by atoms with van der Waals surface area (Å²) >= 11 is 1.34. The molecule has 0 aliphatic carbocycles. The molecule has 9 nitrogen and oxygen atoms in total. The maximum atomic E-state index is 13.1. The standard InChI is InChI=1S/C32H24N4O5S/c1-38-22-14-27(25-16-29(41-28(25)15-22)26-17-36-31(34-26)42-32(35-36)39-2)40-18-19-7-5-10-21(13-19)33-30(37)24-12-6-9-20-8-3-4-11-23(20)24/h3-17H,18H2,1-2H3,(H,33,37). The Labute approximate surface area is 243 Å². The summed E-state index contributed by atoms with van der Waals surface area (Å²) in [5.74, 6) is 1.62. The lowest BCUT2D eigenvalue weighted by Gasteiger charge is -2.11. The molecule has 0 saturated heterocycles. The Morgan fingerprint density at radius 3 is 2.67 bits per heavy atom. The van der Waals surface area contributed by atoms with Crippen molar-refractivity contribution in [3.05, 3.63) is 102 Å². The summed E-state index contributed by atoms with van der Waals surface area (Å²) in [5.41, 5.74) is 3.45. The Morgan fingerprint density at radius 1 is 0.952 bits per heavy atom. The molecule has 3 aromatic heterocycles. The average Bonchev–Trinajstić information content (AvgIpc) is 3.73. The Bertz CT molecular complexity index is 2060. The van der Waals surface area contributed by atoms with Gasteiger partial charge in [-0.2, -0.15) is 0 Å². The predicted molar refractivity (Wildman–Crippen MR) is 162 cm³/mol. The number of methoxy groups -OCH3 is 2. The van der Waals surface area contributed by atoms with Gasteiger partial charge in [0.05, 0.1) is 25.8 Å². The van der Waals surface area contributed by atoms with Gasteiger partial charge in [-0.15, -0.1) is 5.10 Å². The van der Waals surface area contributed by atoms with Crippen molar-refractivity contribution in [1.29, 1.82) is 0 Å². The van der Waals surface area contributed by atoms with E-state index in [2.05, 4.69) is 15.4 Å². The summed E-state index contributed by atoms with van der Waals surface area (Å²) < 4.78 is 24.8. The quantitative estimate of drug-likeness (QED) is 0.204. The molecule has 42 heavy (non-hydrogen) atoms. The lowest BCUT2D eigenvalue weighted by molar-refractivity contribution is 0.102. The van der Waals surface area contributed by atoms with Gasteiger partial charge in [-0.25, -0.2) is 9.50 Å². The molecule has 3 heterocycles. The smallest absolute Gasteiger partial charge is 0.294 e. The average molecular weight is 577 g/mol. The third kappa shape index (κ3) is 4.77. The van der Waals surface area contributed by atoms with E-state index >= 15 is 0 Å². The molecule has 1 amide bonds. The number of imidazole rings is 1. The lowest BCUT2D eigenvalue weighted by atomic mass is 10.0. The second kappa shape index (κ2) is 10.6. The van der Waals surface area contributed by atoms with Crippen molar-refractivity contribution < 1.29 is 23.4 Å². The van der Waals surface area contributed by atoms with E-state index in [0.29, 0.717) is 49.9 Å². The molecule has 7 aromatic rings. The first kappa shape index (κ1) is 25.6. The number of furan rings is 1. The van der Waals surface area contributed by atoms with Gasteiger partial charge in [0.25, 0.3) is 11.1 Å². The van der Waals surface area contributed by atoms with Crippen LogP contribution in [0.1, 0.15) is 15.9 Å². The Balaban J connectivity index is 1.12. The van der Waals surface area contributed by atoms with E-state index in [1.165, 1.54) is 11.3 Å². The number of carbonyl (C=O) groups excluding carboxylic acids is 1. The number of carbonyl (C=O) groups is 1. The molecule has 0 fully saturated rings. The highest BCUT2D eigenvalue weighted by Crippen LogP contribution is 2.37. The molecule has 0 bridgehead atoms. The first-order chi connectivity index (χ1) is 20.6. The molecule has 0 unspecified atom stereocenters. The van der Waals surface area contributed by atoms with E-state index in [4.69, 9.17) is 18.6 Å². The zero-order chi connectivity index (χ0) is 28.6. The fraction of sp³-hybridized carbons (Fsp3) is 0.0938. The van der Waals surface area contributed by atoms with Crippen molar-refractivity contribution >= 4 is 49.6 Å². The Morgan fingerprint density at radius 2 is 1.81 bits per heavy atom. The van der Waals surface area contributed by atoms with Crippen molar-refractivity contribution in [2.24, 2.45) is 0 Å². The van der Waals surface area contributed by atoms with Crippen LogP contribution in [0.5, 0.6) is 16.7 Å². The molecule has 0 spiro atoms. The number of hydrogen-bond donors (Lipinski definition) is 1. The fourth-order valence-electron chi connectivity index (χ4n) is 4.85. The zero-order valence-electron chi connectivity index (χ0n) is 22.7. The van der Waals surface area contributed by atoms with Crippen LogP contribution in [0.25, 0.3) is 38.2 Å². The molecule has 1 N–H and O–H groups in total. The summed E-state index contributed by atoms with van der Waals surface area (Å²) in [5, 5.41) is 10.6. The first-order valence-corrected chi connectivity index (χ1v) is 13.9. The topological polar surface area (TPSA) is 100 Å². The minimum atomic E-state index is -0.168. The first-order valence-electron chi connectivity index (χ1n) is 13.1. The summed E-state index contributed by atoms with van der Waals surface area (Å²) in [4.78, 5) is 18.5. The molecule has 10 heteroatoms. The van der Waals surface area contributed by atoms with E-state index in [1.54, 1.807) is 24.9 Å². The largest absolute Gasteiger partial charge is 0.496 e. The number of aromatic nitrogens is 3. The summed E-state index contributed by atoms with van der Waals surface area (Å²) in [6.07, 6.45) is 1.79. The van der Waals surface area contributed by atoms with Gasteiger partial charge in [0.2, 0.25) is 4.96 Å². The van der Waals surface area contributed by atoms with Crippen molar-refractivity contribution in [3.8, 4) is 28.1 Å². The van der Waals surface area contributed by atoms with E-state index < -0.39 is 0 Å². The molecular weight excluding hydrogens is 552 g/mol. The van der Waals surface area contributed by atoms with Gasteiger partial charge in [0, 0.05) is 23.4 Å². The van der Waals surface area contributed by atoms with Crippen molar-refractivity contribution in [3.63, 3.8) is 0 Å². The minimum Gasteiger partial charge on any atom is -0.496 e. The van der Waals surface area contributed by atoms with Gasteiger partial charge >= 0.3 is 0 Å². The van der Waals surface area contributed by atoms with Crippen LogP contribution >= 0.6 is 11.3 Å². The third-order valence-electron chi connectivity index (χ3n) is 6.87. The monoisotopic (exact) mass is 576 g/mol. The molecule has 0 aliphatic rings. The van der Waals surface area contributed by atoms with E-state index in [-0.39, 0.29) is 12.5 Å². The van der Waals surface area contributed by atoms with Gasteiger partial charge in [-0.05, 0) is 51.9 Å². The summed E-state index contributed by atoms with van der Waals surface area (Å²) in [7, 11) is 3.17. The van der Waals surface area contributed by atoms with E-state index in [0.717, 1.165) is 21.7 Å². The highest BCUT2D eigenvalue weighted by molar-refractivity contribution is 7.18. The zero-order valence-corrected chi connectivity index (χ0v) is 23.5. The second-order valence-corrected chi connectivity index (χ2v) is 10.5. The number of ether oxygens (including phenoxy) is 3. The maximum Gasteiger partial charge on any atom is 0.294 e. The molecule has 0 radical (unpaired) electrons. The Kier molecular flexibility index (Phi) is 6.44. The number of anilines is 1. The van der Waals surface area contributed by atoms with Crippen molar-refractivity contribution in [1.82, 2.24) is 14.6 Å². The van der Waals surface area contributed by atoms with Crippen LogP contribution in [0.15, 0.2) is 95.5 Å². The molecule has 4 aromatic carbocycles. The van der Waals surface area contributed by atoms with Crippen LogP contribution in [0.4, 0.5) is 5.69 Å². The minimum absolute atomic E-state index is 0.168. The van der Waals surface area contributed by atoms with Gasteiger partial charge in [0.1, 0.15) is 29.4 Å². The van der Waals surface area contributed by atoms with Crippen LogP contribution in [0, 0.1) is 0 Å². The number of hydrogen-bond acceptors (Lipinski definition) is 8. The van der Waals surface area contributed by atoms with E-state index in [1.807, 2.05) is 84.9 Å². The molecular formula is C32H24N4O5S. The SMILES string of the molecule is COc1cc(OCc2cccc(NC(=O)c3cccc4ccccc34)c2)c2cc(-c3cn4nc(OC)sc4n3)oc2c1. The van der Waals surface area contributed by atoms with Crippen LogP contribution < -0.4 is 19.5 Å². The maximum absolute atomic E-state index is 13.1. The normalized spacial score (nSPS) is 11.3. The second-order valence-electron chi connectivity index (χ2n) is 9.54. The van der Waals surface area contributed by atoms with E-state index in [9.17, 15) is 4.79 Å². The highest BCUT2D eigenvalue weighted by atomic mass is 32.1.